The van der Waals surface area contributed by atoms with Gasteiger partial charge in [-0.2, -0.15) is 0 Å². The van der Waals surface area contributed by atoms with Crippen molar-refractivity contribution in [2.45, 2.75) is 32.7 Å². The van der Waals surface area contributed by atoms with Crippen molar-refractivity contribution in [2.24, 2.45) is 0 Å². The van der Waals surface area contributed by atoms with Crippen LogP contribution in [0.4, 0.5) is 0 Å². The molecule has 0 atom stereocenters. The maximum Gasteiger partial charge on any atom is 0.244 e. The molecule has 4 rings (SSSR count). The molecule has 0 saturated heterocycles. The summed E-state index contributed by atoms with van der Waals surface area (Å²) in [5, 5.41) is 4.28. The number of nitrogens with zero attached hydrogens (tertiary/aromatic N) is 2. The molecule has 1 amide bonds. The maximum atomic E-state index is 12.0. The number of fused-ring (bicyclic) bond motifs is 1. The number of likely N-dealkylation sites (N-methyl/N-ethyl adjacent to an activating group) is 1. The number of H-pyrrole nitrogens is 1. The number of carbonyl (C=O) groups excluding carboxylic acids is 1. The molecule has 0 bridgehead atoms. The molecule has 2 N–H and O–H groups in total. The second-order valence-corrected chi connectivity index (χ2v) is 8.81. The first-order valence-corrected chi connectivity index (χ1v) is 12.4. The van der Waals surface area contributed by atoms with Gasteiger partial charge in [0, 0.05) is 55.2 Å². The highest BCUT2D eigenvalue weighted by Gasteiger charge is 2.08. The zero-order valence-corrected chi connectivity index (χ0v) is 20.4. The summed E-state index contributed by atoms with van der Waals surface area (Å²) >= 11 is 0. The minimum atomic E-state index is -0.0727. The van der Waals surface area contributed by atoms with Crippen LogP contribution in [0, 0.1) is 0 Å². The third-order valence-electron chi connectivity index (χ3n) is 6.30. The number of pyridine rings is 1. The Balaban J connectivity index is 1.18. The van der Waals surface area contributed by atoms with Crippen molar-refractivity contribution in [2.75, 3.05) is 19.6 Å². The fourth-order valence-corrected chi connectivity index (χ4v) is 4.25. The normalized spacial score (nSPS) is 11.5. The number of benzene rings is 2. The molecule has 0 unspecified atom stereocenters. The van der Waals surface area contributed by atoms with Crippen LogP contribution in [0.3, 0.4) is 0 Å². The Morgan fingerprint density at radius 3 is 2.66 bits per heavy atom. The lowest BCUT2D eigenvalue weighted by Crippen LogP contribution is -2.25. The van der Waals surface area contributed by atoms with Gasteiger partial charge in [0.25, 0.3) is 0 Å². The Morgan fingerprint density at radius 2 is 1.86 bits per heavy atom. The average Bonchev–Trinajstić information content (AvgIpc) is 3.32. The van der Waals surface area contributed by atoms with Crippen LogP contribution < -0.4 is 5.32 Å². The second-order valence-electron chi connectivity index (χ2n) is 8.81. The van der Waals surface area contributed by atoms with Crippen molar-refractivity contribution in [3.63, 3.8) is 0 Å². The number of aryl methyl sites for hydroxylation is 1. The van der Waals surface area contributed by atoms with Gasteiger partial charge >= 0.3 is 0 Å². The zero-order valence-electron chi connectivity index (χ0n) is 20.4. The number of carbonyl (C=O) groups is 1. The number of hydrogen-bond acceptors (Lipinski definition) is 3. The first-order chi connectivity index (χ1) is 17.2. The standard InChI is InChI=1S/C30H34N4O/c1-2-34(20-17-27-22-33-29-10-4-3-9-28(27)29)23-26-13-11-24(12-14-26)7-6-19-32-30(35)16-15-25-8-5-18-31-21-25/h3-5,8-16,18,21-22,33H,2,6-7,17,19-20,23H2,1H3,(H,32,35)/b16-15+. The summed E-state index contributed by atoms with van der Waals surface area (Å²) in [5.74, 6) is -0.0727. The zero-order chi connectivity index (χ0) is 24.3. The summed E-state index contributed by atoms with van der Waals surface area (Å²) in [6, 6.07) is 21.2. The van der Waals surface area contributed by atoms with Gasteiger partial charge in [0.05, 0.1) is 0 Å². The van der Waals surface area contributed by atoms with Crippen LogP contribution in [-0.2, 0) is 24.2 Å². The van der Waals surface area contributed by atoms with Gasteiger partial charge in [0.2, 0.25) is 5.91 Å². The highest BCUT2D eigenvalue weighted by molar-refractivity contribution is 5.91. The van der Waals surface area contributed by atoms with E-state index in [1.54, 1.807) is 24.5 Å². The van der Waals surface area contributed by atoms with E-state index in [-0.39, 0.29) is 5.91 Å². The van der Waals surface area contributed by atoms with Gasteiger partial charge in [0.15, 0.2) is 0 Å². The van der Waals surface area contributed by atoms with Crippen LogP contribution in [0.1, 0.15) is 35.6 Å². The van der Waals surface area contributed by atoms with Crippen LogP contribution >= 0.6 is 0 Å². The van der Waals surface area contributed by atoms with Gasteiger partial charge in [-0.05, 0) is 66.3 Å². The largest absolute Gasteiger partial charge is 0.361 e. The molecule has 0 aliphatic heterocycles. The highest BCUT2D eigenvalue weighted by atomic mass is 16.1. The number of para-hydroxylation sites is 1. The number of nitrogens with one attached hydrogen (secondary N) is 2. The van der Waals surface area contributed by atoms with Gasteiger partial charge in [-0.15, -0.1) is 0 Å². The summed E-state index contributed by atoms with van der Waals surface area (Å²) in [6.07, 6.45) is 11.8. The van der Waals surface area contributed by atoms with Crippen LogP contribution in [0.5, 0.6) is 0 Å². The molecule has 2 aromatic heterocycles. The molecule has 0 radical (unpaired) electrons. The second kappa shape index (κ2) is 12.7. The third-order valence-corrected chi connectivity index (χ3v) is 6.30. The molecule has 5 heteroatoms. The maximum absolute atomic E-state index is 12.0. The monoisotopic (exact) mass is 466 g/mol. The van der Waals surface area contributed by atoms with Gasteiger partial charge in [0.1, 0.15) is 0 Å². The van der Waals surface area contributed by atoms with Gasteiger partial charge in [-0.3, -0.25) is 14.7 Å². The number of aromatic amines is 1. The predicted molar refractivity (Wildman–Crippen MR) is 144 cm³/mol. The molecule has 4 aromatic rings. The molecule has 35 heavy (non-hydrogen) atoms. The quantitative estimate of drug-likeness (QED) is 0.217. The van der Waals surface area contributed by atoms with Crippen molar-refractivity contribution in [1.82, 2.24) is 20.2 Å². The molecular formula is C30H34N4O. The van der Waals surface area contributed by atoms with Crippen LogP contribution in [0.2, 0.25) is 0 Å². The lowest BCUT2D eigenvalue weighted by molar-refractivity contribution is -0.116. The molecule has 2 heterocycles. The van der Waals surface area contributed by atoms with E-state index >= 15 is 0 Å². The molecule has 180 valence electrons. The molecule has 0 saturated carbocycles. The summed E-state index contributed by atoms with van der Waals surface area (Å²) in [4.78, 5) is 21.9. The number of hydrogen-bond donors (Lipinski definition) is 2. The fraction of sp³-hybridized carbons (Fsp3) is 0.267. The summed E-state index contributed by atoms with van der Waals surface area (Å²) in [5.41, 5.74) is 6.15. The van der Waals surface area contributed by atoms with Crippen LogP contribution in [0.25, 0.3) is 17.0 Å². The molecular weight excluding hydrogens is 432 g/mol. The topological polar surface area (TPSA) is 61.0 Å². The van der Waals surface area contributed by atoms with E-state index in [2.05, 4.69) is 81.8 Å². The fourth-order valence-electron chi connectivity index (χ4n) is 4.25. The predicted octanol–water partition coefficient (Wildman–Crippen LogP) is 5.39. The van der Waals surface area contributed by atoms with Gasteiger partial charge in [-0.25, -0.2) is 0 Å². The van der Waals surface area contributed by atoms with Crippen molar-refractivity contribution in [3.05, 3.63) is 108 Å². The Labute approximate surface area is 207 Å². The van der Waals surface area contributed by atoms with Crippen LogP contribution in [0.15, 0.2) is 85.3 Å². The first-order valence-electron chi connectivity index (χ1n) is 12.4. The van der Waals surface area contributed by atoms with Crippen LogP contribution in [-0.4, -0.2) is 40.4 Å². The lowest BCUT2D eigenvalue weighted by Gasteiger charge is -2.20. The van der Waals surface area contributed by atoms with Crippen molar-refractivity contribution in [3.8, 4) is 0 Å². The Hall–Kier alpha value is -3.70. The Morgan fingerprint density at radius 1 is 1.03 bits per heavy atom. The highest BCUT2D eigenvalue weighted by Crippen LogP contribution is 2.19. The third kappa shape index (κ3) is 7.39. The molecule has 0 aliphatic carbocycles. The molecule has 5 nitrogen and oxygen atoms in total. The summed E-state index contributed by atoms with van der Waals surface area (Å²) in [6.45, 7) is 5.91. The Bertz CT molecular complexity index is 1230. The van der Waals surface area contributed by atoms with E-state index in [9.17, 15) is 4.79 Å². The van der Waals surface area contributed by atoms with Gasteiger partial charge in [-0.1, -0.05) is 55.5 Å². The van der Waals surface area contributed by atoms with Crippen molar-refractivity contribution in [1.29, 1.82) is 0 Å². The molecule has 0 spiro atoms. The van der Waals surface area contributed by atoms with E-state index in [0.29, 0.717) is 6.54 Å². The van der Waals surface area contributed by atoms with E-state index < -0.39 is 0 Å². The average molecular weight is 467 g/mol. The Kier molecular flexibility index (Phi) is 8.85. The van der Waals surface area contributed by atoms with Crippen molar-refractivity contribution >= 4 is 22.9 Å². The number of rotatable bonds is 12. The van der Waals surface area contributed by atoms with E-state index in [1.807, 2.05) is 12.1 Å². The van der Waals surface area contributed by atoms with E-state index in [1.165, 1.54) is 27.6 Å². The minimum absolute atomic E-state index is 0.0727. The number of amides is 1. The first kappa shape index (κ1) is 24.4. The van der Waals surface area contributed by atoms with E-state index in [0.717, 1.165) is 44.5 Å². The van der Waals surface area contributed by atoms with Crippen molar-refractivity contribution < 1.29 is 4.79 Å². The minimum Gasteiger partial charge on any atom is -0.361 e. The number of aromatic nitrogens is 2. The molecule has 0 fully saturated rings. The van der Waals surface area contributed by atoms with Gasteiger partial charge < -0.3 is 10.3 Å². The molecule has 2 aromatic carbocycles. The summed E-state index contributed by atoms with van der Waals surface area (Å²) < 4.78 is 0. The lowest BCUT2D eigenvalue weighted by atomic mass is 10.1. The van der Waals surface area contributed by atoms with E-state index in [4.69, 9.17) is 0 Å². The SMILES string of the molecule is CCN(CCc1c[nH]c2ccccc12)Cc1ccc(CCCNC(=O)/C=C/c2cccnc2)cc1. The molecule has 0 aliphatic rings. The summed E-state index contributed by atoms with van der Waals surface area (Å²) in [7, 11) is 0. The smallest absolute Gasteiger partial charge is 0.244 e.